The zero-order valence-corrected chi connectivity index (χ0v) is 20.0. The van der Waals surface area contributed by atoms with Crippen molar-refractivity contribution in [2.75, 3.05) is 10.6 Å². The van der Waals surface area contributed by atoms with Gasteiger partial charge >= 0.3 is 6.09 Å². The highest BCUT2D eigenvalue weighted by Crippen LogP contribution is 2.47. The van der Waals surface area contributed by atoms with Crippen molar-refractivity contribution in [2.45, 2.75) is 44.7 Å². The van der Waals surface area contributed by atoms with Gasteiger partial charge in [-0.05, 0) is 75.2 Å². The summed E-state index contributed by atoms with van der Waals surface area (Å²) in [6.45, 7) is 5.70. The van der Waals surface area contributed by atoms with E-state index in [0.29, 0.717) is 22.5 Å². The largest absolute Gasteiger partial charge is 0.465 e. The third-order valence-corrected chi connectivity index (χ3v) is 6.03. The van der Waals surface area contributed by atoms with Crippen molar-refractivity contribution in [1.82, 2.24) is 4.90 Å². The molecule has 1 fully saturated rings. The molecule has 0 heterocycles. The molecule has 3 N–H and O–H groups in total. The van der Waals surface area contributed by atoms with E-state index < -0.39 is 11.6 Å². The monoisotopic (exact) mass is 471 g/mol. The van der Waals surface area contributed by atoms with Gasteiger partial charge in [-0.1, -0.05) is 36.4 Å². The number of nitrogens with one attached hydrogen (secondary N) is 2. The first-order valence-corrected chi connectivity index (χ1v) is 11.5. The Morgan fingerprint density at radius 2 is 1.40 bits per heavy atom. The van der Waals surface area contributed by atoms with Gasteiger partial charge in [0.15, 0.2) is 0 Å². The maximum atomic E-state index is 12.8. The molecule has 0 radical (unpaired) electrons. The van der Waals surface area contributed by atoms with E-state index in [9.17, 15) is 19.5 Å². The third kappa shape index (κ3) is 5.69. The van der Waals surface area contributed by atoms with E-state index in [1.807, 2.05) is 51.1 Å². The van der Waals surface area contributed by atoms with E-state index in [2.05, 4.69) is 10.6 Å². The summed E-state index contributed by atoms with van der Waals surface area (Å²) in [4.78, 5) is 38.4. The molecule has 35 heavy (non-hydrogen) atoms. The van der Waals surface area contributed by atoms with Gasteiger partial charge in [-0.2, -0.15) is 0 Å². The minimum Gasteiger partial charge on any atom is -0.465 e. The van der Waals surface area contributed by atoms with Crippen LogP contribution in [0.25, 0.3) is 0 Å². The topological polar surface area (TPSA) is 98.7 Å². The molecule has 3 amide bonds. The Bertz CT molecular complexity index is 1230. The van der Waals surface area contributed by atoms with Gasteiger partial charge in [0.1, 0.15) is 0 Å². The molecule has 0 spiro atoms. The van der Waals surface area contributed by atoms with Crippen LogP contribution >= 0.6 is 0 Å². The van der Waals surface area contributed by atoms with Gasteiger partial charge in [-0.15, -0.1) is 0 Å². The van der Waals surface area contributed by atoms with Gasteiger partial charge in [0.05, 0.1) is 0 Å². The summed E-state index contributed by atoms with van der Waals surface area (Å²) >= 11 is 0. The predicted molar refractivity (Wildman–Crippen MR) is 136 cm³/mol. The number of hydrogen-bond donors (Lipinski definition) is 3. The van der Waals surface area contributed by atoms with Crippen molar-refractivity contribution in [3.05, 3.63) is 95.6 Å². The summed E-state index contributed by atoms with van der Waals surface area (Å²) in [6.07, 6.45) is -0.118. The molecule has 3 aromatic rings. The Morgan fingerprint density at radius 3 is 2.03 bits per heavy atom. The SMILES string of the molecule is CC(C)(C)N(C(=O)O)[C@@H]1C[C@H]1c1ccc(NC(=O)c2cccc(NC(=O)c3ccccc3)c2)cc1. The lowest BCUT2D eigenvalue weighted by molar-refractivity contribution is 0.0938. The van der Waals surface area contributed by atoms with E-state index in [0.717, 1.165) is 12.0 Å². The standard InChI is InChI=1S/C28H29N3O4/c1-28(2,3)31(27(34)35)24-17-23(24)18-12-14-21(15-13-18)29-26(33)20-10-7-11-22(16-20)30-25(32)19-8-5-4-6-9-19/h4-16,23-24H,17H2,1-3H3,(H,29,33)(H,30,32)(H,34,35)/t23-,24+/m0/s1. The van der Waals surface area contributed by atoms with E-state index in [-0.39, 0.29) is 23.8 Å². The summed E-state index contributed by atoms with van der Waals surface area (Å²) in [5.41, 5.74) is 2.71. The van der Waals surface area contributed by atoms with Gasteiger partial charge in [0, 0.05) is 40.0 Å². The minimum absolute atomic E-state index is 0.0400. The first kappa shape index (κ1) is 24.0. The van der Waals surface area contributed by atoms with Crippen LogP contribution < -0.4 is 10.6 Å². The van der Waals surface area contributed by atoms with E-state index >= 15 is 0 Å². The molecule has 3 aromatic carbocycles. The molecule has 1 aliphatic rings. The molecule has 1 aliphatic carbocycles. The lowest BCUT2D eigenvalue weighted by atomic mass is 10.0. The highest BCUT2D eigenvalue weighted by Gasteiger charge is 2.48. The van der Waals surface area contributed by atoms with Gasteiger partial charge in [0.25, 0.3) is 11.8 Å². The number of carboxylic acid groups (broad SMARTS) is 1. The normalized spacial score (nSPS) is 16.8. The number of carbonyl (C=O) groups excluding carboxylic acids is 2. The van der Waals surface area contributed by atoms with Crippen molar-refractivity contribution in [2.24, 2.45) is 0 Å². The van der Waals surface area contributed by atoms with Crippen LogP contribution in [0.5, 0.6) is 0 Å². The van der Waals surface area contributed by atoms with Crippen LogP contribution in [0.3, 0.4) is 0 Å². The van der Waals surface area contributed by atoms with Crippen LogP contribution in [-0.4, -0.2) is 39.5 Å². The summed E-state index contributed by atoms with van der Waals surface area (Å²) < 4.78 is 0. The molecule has 4 rings (SSSR count). The number of nitrogens with zero attached hydrogens (tertiary/aromatic N) is 1. The number of carbonyl (C=O) groups is 3. The molecule has 2 atom stereocenters. The highest BCUT2D eigenvalue weighted by atomic mass is 16.4. The zero-order chi connectivity index (χ0) is 25.2. The molecular weight excluding hydrogens is 442 g/mol. The van der Waals surface area contributed by atoms with E-state index in [1.54, 1.807) is 48.5 Å². The molecule has 0 unspecified atom stereocenters. The minimum atomic E-state index is -0.906. The molecule has 7 heteroatoms. The molecule has 0 saturated heterocycles. The summed E-state index contributed by atoms with van der Waals surface area (Å²) in [5, 5.41) is 15.3. The van der Waals surface area contributed by atoms with Crippen LogP contribution in [0.15, 0.2) is 78.9 Å². The fourth-order valence-corrected chi connectivity index (χ4v) is 4.30. The summed E-state index contributed by atoms with van der Waals surface area (Å²) in [5.74, 6) is -0.382. The van der Waals surface area contributed by atoms with Crippen LogP contribution in [0.2, 0.25) is 0 Å². The molecule has 1 saturated carbocycles. The second kappa shape index (κ2) is 9.62. The second-order valence-electron chi connectivity index (χ2n) is 9.71. The van der Waals surface area contributed by atoms with E-state index in [1.165, 1.54) is 4.90 Å². The van der Waals surface area contributed by atoms with Gasteiger partial charge in [-0.3, -0.25) is 14.5 Å². The van der Waals surface area contributed by atoms with Gasteiger partial charge < -0.3 is 15.7 Å². The Morgan fingerprint density at radius 1 is 0.800 bits per heavy atom. The fourth-order valence-electron chi connectivity index (χ4n) is 4.30. The summed E-state index contributed by atoms with van der Waals surface area (Å²) in [7, 11) is 0. The average Bonchev–Trinajstić information content (AvgIpc) is 3.59. The quantitative estimate of drug-likeness (QED) is 0.421. The van der Waals surface area contributed by atoms with E-state index in [4.69, 9.17) is 0 Å². The molecular formula is C28H29N3O4. The fraction of sp³-hybridized carbons (Fsp3) is 0.250. The lowest BCUT2D eigenvalue weighted by Gasteiger charge is -2.33. The van der Waals surface area contributed by atoms with Crippen molar-refractivity contribution < 1.29 is 19.5 Å². The maximum absolute atomic E-state index is 12.8. The van der Waals surface area contributed by atoms with Crippen molar-refractivity contribution >= 4 is 29.3 Å². The number of amides is 3. The summed E-state index contributed by atoms with van der Waals surface area (Å²) in [6, 6.07) is 23.1. The zero-order valence-electron chi connectivity index (χ0n) is 20.0. The maximum Gasteiger partial charge on any atom is 0.408 e. The number of benzene rings is 3. The van der Waals surface area contributed by atoms with Crippen molar-refractivity contribution in [3.63, 3.8) is 0 Å². The Kier molecular flexibility index (Phi) is 6.60. The predicted octanol–water partition coefficient (Wildman–Crippen LogP) is 5.83. The van der Waals surface area contributed by atoms with Crippen molar-refractivity contribution in [1.29, 1.82) is 0 Å². The van der Waals surface area contributed by atoms with Crippen LogP contribution in [0, 0.1) is 0 Å². The Balaban J connectivity index is 1.38. The van der Waals surface area contributed by atoms with Gasteiger partial charge in [-0.25, -0.2) is 4.79 Å². The second-order valence-corrected chi connectivity index (χ2v) is 9.71. The number of rotatable bonds is 6. The molecule has 0 bridgehead atoms. The first-order valence-electron chi connectivity index (χ1n) is 11.5. The number of anilines is 2. The van der Waals surface area contributed by atoms with Crippen LogP contribution in [0.4, 0.5) is 16.2 Å². The molecule has 7 nitrogen and oxygen atoms in total. The highest BCUT2D eigenvalue weighted by molar-refractivity contribution is 6.07. The third-order valence-electron chi connectivity index (χ3n) is 6.03. The Hall–Kier alpha value is -4.13. The van der Waals surface area contributed by atoms with Gasteiger partial charge in [0.2, 0.25) is 0 Å². The Labute approximate surface area is 204 Å². The first-order chi connectivity index (χ1) is 16.6. The molecule has 0 aromatic heterocycles. The van der Waals surface area contributed by atoms with Crippen LogP contribution in [-0.2, 0) is 0 Å². The van der Waals surface area contributed by atoms with Crippen LogP contribution in [0.1, 0.15) is 59.4 Å². The lowest BCUT2D eigenvalue weighted by Crippen LogP contribution is -2.46. The van der Waals surface area contributed by atoms with Crippen molar-refractivity contribution in [3.8, 4) is 0 Å². The average molecular weight is 472 g/mol. The smallest absolute Gasteiger partial charge is 0.408 e. The molecule has 0 aliphatic heterocycles. The number of hydrogen-bond acceptors (Lipinski definition) is 3. The molecule has 180 valence electrons.